The summed E-state index contributed by atoms with van der Waals surface area (Å²) < 4.78 is 67.9. The van der Waals surface area contributed by atoms with Gasteiger partial charge in [-0.05, 0) is 210 Å². The lowest BCUT2D eigenvalue weighted by Crippen LogP contribution is -2.18. The molecule has 0 aliphatic heterocycles. The van der Waals surface area contributed by atoms with Crippen molar-refractivity contribution in [3.8, 4) is 46.0 Å². The van der Waals surface area contributed by atoms with E-state index in [1.165, 1.54) is 24.3 Å². The fraction of sp³-hybridized carbons (Fsp3) is 0.413. The molecule has 0 fully saturated rings. The third kappa shape index (κ3) is 36.5. The molecule has 6 aromatic carbocycles. The van der Waals surface area contributed by atoms with Gasteiger partial charge in [-0.1, -0.05) is 142 Å². The van der Waals surface area contributed by atoms with Crippen LogP contribution >= 0.6 is 0 Å². The van der Waals surface area contributed by atoms with E-state index in [0.29, 0.717) is 113 Å². The number of unbranched alkanes of at least 4 members (excludes halogenated alkanes) is 23. The summed E-state index contributed by atoms with van der Waals surface area (Å²) in [6.45, 7) is 16.9. The number of carbonyl (C=O) groups is 10. The molecule has 0 atom stereocenters. The van der Waals surface area contributed by atoms with Crippen molar-refractivity contribution in [2.24, 2.45) is 11.5 Å². The predicted molar refractivity (Wildman–Crippen MR) is 439 cm³/mol. The first-order valence-electron chi connectivity index (χ1n) is 40.3. The smallest absolute Gasteiger partial charge is 0.343 e. The van der Waals surface area contributed by atoms with Crippen molar-refractivity contribution in [3.63, 3.8) is 0 Å². The Bertz CT molecular complexity index is 3870. The maximum Gasteiger partial charge on any atom is 0.343 e. The second-order valence-electron chi connectivity index (χ2n) is 27.6. The Labute approximate surface area is 680 Å². The molecule has 0 aliphatic rings. The van der Waals surface area contributed by atoms with Crippen LogP contribution in [0.3, 0.4) is 0 Å². The molecule has 0 heterocycles. The summed E-state index contributed by atoms with van der Waals surface area (Å²) >= 11 is 0. The van der Waals surface area contributed by atoms with Crippen LogP contribution < -0.4 is 49.4 Å². The molecule has 6 rings (SSSR count). The molecule has 2 amide bonds. The third-order valence-corrected chi connectivity index (χ3v) is 18.5. The normalized spacial score (nSPS) is 10.7. The fourth-order valence-corrected chi connectivity index (χ4v) is 12.1. The number of benzene rings is 6. The Balaban J connectivity index is 1.15. The molecule has 0 saturated carbocycles. The zero-order valence-electron chi connectivity index (χ0n) is 66.7. The lowest BCUT2D eigenvalue weighted by atomic mass is 9.98. The molecule has 0 bridgehead atoms. The number of rotatable bonds is 61. The quantitative estimate of drug-likeness (QED) is 0.0118. The molecule has 0 aromatic heterocycles. The van der Waals surface area contributed by atoms with Crippen LogP contribution in [0.4, 0.5) is 0 Å². The van der Waals surface area contributed by atoms with Gasteiger partial charge in [0.05, 0.1) is 86.2 Å². The molecular formula is C92H112N2O22. The highest BCUT2D eigenvalue weighted by Gasteiger charge is 2.26. The zero-order valence-corrected chi connectivity index (χ0v) is 66.7. The fourth-order valence-electron chi connectivity index (χ4n) is 12.1. The topological polar surface area (TPSA) is 333 Å². The average molecular weight is 1600 g/mol. The van der Waals surface area contributed by atoms with E-state index in [0.717, 1.165) is 178 Å². The SMILES string of the molecule is C=CC(=O)OCCCCCCCCOc1ccc(C(=O)Oc2cc(CCCCCCc3cc(OC(=O)c4ccc(OCCCCCCCCOC(=O)C=C)cc4)cc(C(N)=O)c3OC(=O)c3ccc(OCCCCCCCCOC(=O)C=C)cc3)c(OC(=O)c3ccc(OCCCCCCCCOC(=O)C=C)cc3)c(C(N)=O)c2)cc1. The summed E-state index contributed by atoms with van der Waals surface area (Å²) in [6.07, 6.45) is 28.5. The van der Waals surface area contributed by atoms with Gasteiger partial charge in [-0.15, -0.1) is 0 Å². The number of primary amides is 2. The standard InChI is InChI=1S/C92H112N2O22/c1-5-81(95)109-59-33-23-13-9-19-29-55-105-73-47-39-67(40-48-73)89(101)113-77-63-71(85(79(65-77)87(93)99)115-91(103)69-43-51-75(52-44-69)107-57-31-21-11-15-25-35-61-111-83(97)7-3)37-27-17-18-28-38-72-64-78(114-90(102)68-41-49-74(50-42-68)106-56-30-20-10-14-24-34-60-110-82(96)6-2)66-80(88(94)100)86(72)116-92(104)70-45-53-76(54-46-70)108-58-32-22-12-16-26-36-62-112-84(98)8-4/h5-8,39-54,63-66H,1-4,9-38,55-62H2,(H2,93,99)(H2,94,100). The van der Waals surface area contributed by atoms with Gasteiger partial charge in [-0.2, -0.15) is 0 Å². The third-order valence-electron chi connectivity index (χ3n) is 18.5. The zero-order chi connectivity index (χ0) is 83.3. The van der Waals surface area contributed by atoms with E-state index < -0.39 is 59.6 Å². The highest BCUT2D eigenvalue weighted by atomic mass is 16.6. The molecule has 0 radical (unpaired) electrons. The summed E-state index contributed by atoms with van der Waals surface area (Å²) in [5, 5.41) is 0. The second kappa shape index (κ2) is 54.8. The number of hydrogen-bond acceptors (Lipinski definition) is 22. The van der Waals surface area contributed by atoms with Crippen LogP contribution in [-0.4, -0.2) is 112 Å². The molecule has 0 unspecified atom stereocenters. The summed E-state index contributed by atoms with van der Waals surface area (Å²) in [5.74, 6) is -4.93. The molecular weight excluding hydrogens is 1490 g/mol. The molecule has 0 spiro atoms. The van der Waals surface area contributed by atoms with E-state index in [9.17, 15) is 47.9 Å². The number of esters is 8. The maximum absolute atomic E-state index is 14.1. The molecule has 6 aromatic rings. The predicted octanol–water partition coefficient (Wildman–Crippen LogP) is 17.9. The molecule has 24 heteroatoms. The molecule has 4 N–H and O–H groups in total. The van der Waals surface area contributed by atoms with E-state index in [-0.39, 0.29) is 69.2 Å². The van der Waals surface area contributed by atoms with Crippen LogP contribution in [0.1, 0.15) is 253 Å². The van der Waals surface area contributed by atoms with Gasteiger partial charge in [0.25, 0.3) is 11.8 Å². The van der Waals surface area contributed by atoms with Gasteiger partial charge in [0.2, 0.25) is 0 Å². The molecule has 622 valence electrons. The van der Waals surface area contributed by atoms with Crippen LogP contribution in [-0.2, 0) is 51.0 Å². The summed E-state index contributed by atoms with van der Waals surface area (Å²) in [7, 11) is 0. The lowest BCUT2D eigenvalue weighted by molar-refractivity contribution is -0.138. The molecule has 0 aliphatic carbocycles. The number of ether oxygens (including phenoxy) is 12. The lowest BCUT2D eigenvalue weighted by Gasteiger charge is -2.17. The van der Waals surface area contributed by atoms with E-state index >= 15 is 0 Å². The van der Waals surface area contributed by atoms with Gasteiger partial charge < -0.3 is 68.3 Å². The first-order chi connectivity index (χ1) is 56.4. The summed E-state index contributed by atoms with van der Waals surface area (Å²) in [4.78, 5) is 128. The van der Waals surface area contributed by atoms with Crippen molar-refractivity contribution in [1.82, 2.24) is 0 Å². The van der Waals surface area contributed by atoms with Gasteiger partial charge in [0.1, 0.15) is 46.0 Å². The van der Waals surface area contributed by atoms with Gasteiger partial charge in [0.15, 0.2) is 0 Å². The Hall–Kier alpha value is -11.8. The first-order valence-corrected chi connectivity index (χ1v) is 40.3. The number of aryl methyl sites for hydroxylation is 2. The number of nitrogens with two attached hydrogens (primary N) is 2. The van der Waals surface area contributed by atoms with Gasteiger partial charge in [-0.3, -0.25) is 9.59 Å². The Morgan fingerprint density at radius 1 is 0.250 bits per heavy atom. The number of amides is 2. The van der Waals surface area contributed by atoms with Crippen molar-refractivity contribution in [1.29, 1.82) is 0 Å². The number of carbonyl (C=O) groups excluding carboxylic acids is 10. The highest BCUT2D eigenvalue weighted by molar-refractivity contribution is 6.01. The van der Waals surface area contributed by atoms with Crippen LogP contribution in [0.2, 0.25) is 0 Å². The van der Waals surface area contributed by atoms with Crippen molar-refractivity contribution in [3.05, 3.63) is 216 Å². The van der Waals surface area contributed by atoms with Gasteiger partial charge in [0, 0.05) is 24.3 Å². The minimum atomic E-state index is -0.964. The van der Waals surface area contributed by atoms with E-state index in [1.807, 2.05) is 0 Å². The second-order valence-corrected chi connectivity index (χ2v) is 27.6. The van der Waals surface area contributed by atoms with Gasteiger partial charge in [-0.25, -0.2) is 38.4 Å². The maximum atomic E-state index is 14.1. The Morgan fingerprint density at radius 3 is 0.681 bits per heavy atom. The molecule has 24 nitrogen and oxygen atoms in total. The summed E-state index contributed by atoms with van der Waals surface area (Å²) in [6, 6.07) is 31.2. The van der Waals surface area contributed by atoms with Crippen LogP contribution in [0.5, 0.6) is 46.0 Å². The monoisotopic (exact) mass is 1600 g/mol. The number of hydrogen-bond donors (Lipinski definition) is 2. The van der Waals surface area contributed by atoms with Crippen LogP contribution in [0.15, 0.2) is 172 Å². The average Bonchev–Trinajstić information content (AvgIpc) is 0.805. The minimum Gasteiger partial charge on any atom is -0.494 e. The van der Waals surface area contributed by atoms with Crippen LogP contribution in [0, 0.1) is 0 Å². The highest BCUT2D eigenvalue weighted by Crippen LogP contribution is 2.36. The van der Waals surface area contributed by atoms with Crippen molar-refractivity contribution in [2.45, 2.75) is 193 Å². The van der Waals surface area contributed by atoms with Crippen molar-refractivity contribution in [2.75, 3.05) is 52.9 Å². The Morgan fingerprint density at radius 2 is 0.457 bits per heavy atom. The Kier molecular flexibility index (Phi) is 44.0. The van der Waals surface area contributed by atoms with Crippen molar-refractivity contribution >= 4 is 59.6 Å². The summed E-state index contributed by atoms with van der Waals surface area (Å²) in [5.41, 5.74) is 13.0. The van der Waals surface area contributed by atoms with Gasteiger partial charge >= 0.3 is 47.8 Å². The molecule has 0 saturated heterocycles. The minimum absolute atomic E-state index is 0.0422. The largest absolute Gasteiger partial charge is 0.494 e. The van der Waals surface area contributed by atoms with E-state index in [1.54, 1.807) is 97.1 Å². The first kappa shape index (κ1) is 93.0. The van der Waals surface area contributed by atoms with Crippen molar-refractivity contribution < 1.29 is 105 Å². The molecule has 116 heavy (non-hydrogen) atoms. The van der Waals surface area contributed by atoms with E-state index in [4.69, 9.17) is 68.3 Å². The van der Waals surface area contributed by atoms with Crippen LogP contribution in [0.25, 0.3) is 0 Å². The van der Waals surface area contributed by atoms with E-state index in [2.05, 4.69) is 26.3 Å².